The van der Waals surface area contributed by atoms with Crippen molar-refractivity contribution in [2.45, 2.75) is 12.8 Å². The predicted octanol–water partition coefficient (Wildman–Crippen LogP) is 4.64. The number of pyridine rings is 1. The standard InChI is InChI=1S/C30H29ClN4O4/c31-22-10-11-24-23(18-22)26(20-6-2-1-3-7-20)27(28(36)32-24)35-12-4-8-21(19-35)29(37)33-13-15-34(16-14-33)30(38)25-9-5-17-39-25/h1-3,5-7,9-11,17-18,21H,4,8,12-16,19H2,(H,32,36)/t21-/m1/s1. The predicted molar refractivity (Wildman–Crippen MR) is 151 cm³/mol. The van der Waals surface area contributed by atoms with Gasteiger partial charge in [-0.2, -0.15) is 0 Å². The van der Waals surface area contributed by atoms with Gasteiger partial charge < -0.3 is 24.1 Å². The van der Waals surface area contributed by atoms with E-state index in [9.17, 15) is 14.4 Å². The van der Waals surface area contributed by atoms with E-state index >= 15 is 0 Å². The van der Waals surface area contributed by atoms with Crippen molar-refractivity contribution in [3.8, 4) is 11.1 Å². The highest BCUT2D eigenvalue weighted by Crippen LogP contribution is 2.37. The van der Waals surface area contributed by atoms with E-state index in [0.29, 0.717) is 55.7 Å². The fraction of sp³-hybridized carbons (Fsp3) is 0.300. The van der Waals surface area contributed by atoms with E-state index in [2.05, 4.69) is 9.88 Å². The molecule has 1 N–H and O–H groups in total. The van der Waals surface area contributed by atoms with Crippen LogP contribution in [0.1, 0.15) is 23.4 Å². The topological polar surface area (TPSA) is 89.9 Å². The van der Waals surface area contributed by atoms with Crippen LogP contribution < -0.4 is 10.5 Å². The first-order valence-corrected chi connectivity index (χ1v) is 13.6. The normalized spacial score (nSPS) is 18.0. The van der Waals surface area contributed by atoms with Gasteiger partial charge in [-0.3, -0.25) is 14.4 Å². The number of amides is 2. The van der Waals surface area contributed by atoms with E-state index in [0.717, 1.165) is 34.9 Å². The number of hydrogen-bond donors (Lipinski definition) is 1. The van der Waals surface area contributed by atoms with Crippen LogP contribution in [-0.4, -0.2) is 65.9 Å². The zero-order valence-electron chi connectivity index (χ0n) is 21.4. The minimum absolute atomic E-state index is 0.0753. The molecule has 4 heterocycles. The Morgan fingerprint density at radius 1 is 0.923 bits per heavy atom. The van der Waals surface area contributed by atoms with Crippen LogP contribution in [0.2, 0.25) is 5.02 Å². The Kier molecular flexibility index (Phi) is 6.87. The molecular formula is C30H29ClN4O4. The summed E-state index contributed by atoms with van der Waals surface area (Å²) in [6.45, 7) is 3.03. The number of furan rings is 1. The summed E-state index contributed by atoms with van der Waals surface area (Å²) in [6, 6.07) is 18.7. The molecule has 2 aromatic heterocycles. The number of nitrogens with one attached hydrogen (secondary N) is 1. The van der Waals surface area contributed by atoms with E-state index in [1.807, 2.05) is 47.4 Å². The van der Waals surface area contributed by atoms with Gasteiger partial charge in [0.1, 0.15) is 5.69 Å². The van der Waals surface area contributed by atoms with Crippen molar-refractivity contribution >= 4 is 40.0 Å². The minimum Gasteiger partial charge on any atom is -0.459 e. The molecule has 39 heavy (non-hydrogen) atoms. The molecule has 200 valence electrons. The maximum Gasteiger partial charge on any atom is 0.289 e. The molecule has 2 fully saturated rings. The number of H-pyrrole nitrogens is 1. The molecule has 2 amide bonds. The molecule has 2 saturated heterocycles. The lowest BCUT2D eigenvalue weighted by Gasteiger charge is -2.39. The average molecular weight is 545 g/mol. The Hall–Kier alpha value is -4.04. The highest BCUT2D eigenvalue weighted by molar-refractivity contribution is 6.31. The molecule has 4 aromatic rings. The number of piperazine rings is 1. The molecule has 0 radical (unpaired) electrons. The van der Waals surface area contributed by atoms with Crippen molar-refractivity contribution in [2.75, 3.05) is 44.2 Å². The van der Waals surface area contributed by atoms with Crippen molar-refractivity contribution in [3.05, 3.63) is 88.1 Å². The number of anilines is 1. The number of hydrogen-bond acceptors (Lipinski definition) is 5. The smallest absolute Gasteiger partial charge is 0.289 e. The van der Waals surface area contributed by atoms with E-state index in [-0.39, 0.29) is 23.3 Å². The SMILES string of the molecule is O=C(c1ccco1)N1CCN(C(=O)[C@@H]2CCCN(c3c(-c4ccccc4)c4cc(Cl)ccc4[nH]c3=O)C2)CC1. The van der Waals surface area contributed by atoms with Crippen molar-refractivity contribution in [2.24, 2.45) is 5.92 Å². The van der Waals surface area contributed by atoms with Gasteiger partial charge in [0.15, 0.2) is 5.76 Å². The van der Waals surface area contributed by atoms with Crippen LogP contribution in [0.25, 0.3) is 22.0 Å². The van der Waals surface area contributed by atoms with Gasteiger partial charge in [-0.05, 0) is 48.7 Å². The molecule has 9 heteroatoms. The molecule has 0 bridgehead atoms. The summed E-state index contributed by atoms with van der Waals surface area (Å²) in [5.41, 5.74) is 2.87. The number of halogens is 1. The first-order chi connectivity index (χ1) is 19.0. The van der Waals surface area contributed by atoms with E-state index in [1.165, 1.54) is 6.26 Å². The number of rotatable bonds is 4. The third-order valence-electron chi connectivity index (χ3n) is 7.71. The molecule has 1 atom stereocenters. The van der Waals surface area contributed by atoms with Crippen LogP contribution in [0.4, 0.5) is 5.69 Å². The molecule has 2 aliphatic heterocycles. The summed E-state index contributed by atoms with van der Waals surface area (Å²) in [6.07, 6.45) is 3.05. The highest BCUT2D eigenvalue weighted by Gasteiger charge is 2.34. The lowest BCUT2D eigenvalue weighted by atomic mass is 9.93. The Morgan fingerprint density at radius 3 is 2.44 bits per heavy atom. The van der Waals surface area contributed by atoms with Crippen LogP contribution in [0.3, 0.4) is 0 Å². The molecule has 2 aliphatic rings. The summed E-state index contributed by atoms with van der Waals surface area (Å²) in [5.74, 6) is 0.00399. The van der Waals surface area contributed by atoms with E-state index in [1.54, 1.807) is 23.1 Å². The Labute approximate surface area is 230 Å². The van der Waals surface area contributed by atoms with Crippen LogP contribution in [-0.2, 0) is 4.79 Å². The number of aromatic amines is 1. The Balaban J connectivity index is 1.25. The van der Waals surface area contributed by atoms with Gasteiger partial charge in [0.25, 0.3) is 11.5 Å². The summed E-state index contributed by atoms with van der Waals surface area (Å²) < 4.78 is 5.24. The molecule has 0 saturated carbocycles. The first-order valence-electron chi connectivity index (χ1n) is 13.3. The van der Waals surface area contributed by atoms with E-state index < -0.39 is 0 Å². The van der Waals surface area contributed by atoms with Gasteiger partial charge in [-0.15, -0.1) is 0 Å². The number of carbonyl (C=O) groups is 2. The lowest BCUT2D eigenvalue weighted by molar-refractivity contribution is -0.137. The third-order valence-corrected chi connectivity index (χ3v) is 7.95. The largest absolute Gasteiger partial charge is 0.459 e. The lowest BCUT2D eigenvalue weighted by Crippen LogP contribution is -2.54. The van der Waals surface area contributed by atoms with Gasteiger partial charge in [0.2, 0.25) is 5.91 Å². The first kappa shape index (κ1) is 25.2. The van der Waals surface area contributed by atoms with Crippen molar-refractivity contribution in [1.82, 2.24) is 14.8 Å². The monoisotopic (exact) mass is 544 g/mol. The molecule has 8 nitrogen and oxygen atoms in total. The number of carbonyl (C=O) groups excluding carboxylic acids is 2. The summed E-state index contributed by atoms with van der Waals surface area (Å²) in [4.78, 5) is 48.4. The van der Waals surface area contributed by atoms with E-state index in [4.69, 9.17) is 16.0 Å². The highest BCUT2D eigenvalue weighted by atomic mass is 35.5. The summed E-state index contributed by atoms with van der Waals surface area (Å²) in [7, 11) is 0. The average Bonchev–Trinajstić information content (AvgIpc) is 3.52. The number of benzene rings is 2. The number of piperidine rings is 1. The number of fused-ring (bicyclic) bond motifs is 1. The van der Waals surface area contributed by atoms with Crippen LogP contribution in [0, 0.1) is 5.92 Å². The van der Waals surface area contributed by atoms with Gasteiger partial charge in [0, 0.05) is 60.8 Å². The van der Waals surface area contributed by atoms with Gasteiger partial charge >= 0.3 is 0 Å². The summed E-state index contributed by atoms with van der Waals surface area (Å²) in [5, 5.41) is 1.46. The van der Waals surface area contributed by atoms with Crippen LogP contribution >= 0.6 is 11.6 Å². The van der Waals surface area contributed by atoms with Gasteiger partial charge in [0.05, 0.1) is 12.2 Å². The van der Waals surface area contributed by atoms with Crippen LogP contribution in [0.5, 0.6) is 0 Å². The zero-order chi connectivity index (χ0) is 26.9. The quantitative estimate of drug-likeness (QED) is 0.404. The number of nitrogens with zero attached hydrogens (tertiary/aromatic N) is 3. The Morgan fingerprint density at radius 2 is 1.69 bits per heavy atom. The molecular weight excluding hydrogens is 516 g/mol. The molecule has 0 spiro atoms. The fourth-order valence-electron chi connectivity index (χ4n) is 5.78. The molecule has 6 rings (SSSR count). The van der Waals surface area contributed by atoms with Crippen LogP contribution in [0.15, 0.2) is 76.1 Å². The second-order valence-electron chi connectivity index (χ2n) is 10.1. The second-order valence-corrected chi connectivity index (χ2v) is 10.6. The fourth-order valence-corrected chi connectivity index (χ4v) is 5.95. The van der Waals surface area contributed by atoms with Crippen molar-refractivity contribution < 1.29 is 14.0 Å². The molecule has 0 unspecified atom stereocenters. The summed E-state index contributed by atoms with van der Waals surface area (Å²) >= 11 is 6.38. The van der Waals surface area contributed by atoms with Gasteiger partial charge in [-0.25, -0.2) is 0 Å². The Bertz CT molecular complexity index is 1560. The minimum atomic E-state index is -0.232. The van der Waals surface area contributed by atoms with Crippen molar-refractivity contribution in [3.63, 3.8) is 0 Å². The molecule has 2 aromatic carbocycles. The van der Waals surface area contributed by atoms with Crippen molar-refractivity contribution in [1.29, 1.82) is 0 Å². The molecule has 0 aliphatic carbocycles. The van der Waals surface area contributed by atoms with Gasteiger partial charge in [-0.1, -0.05) is 41.9 Å². The number of aromatic nitrogens is 1. The second kappa shape index (κ2) is 10.6. The maximum atomic E-state index is 13.6. The maximum absolute atomic E-state index is 13.6. The zero-order valence-corrected chi connectivity index (χ0v) is 22.2. The third kappa shape index (κ3) is 4.92.